The van der Waals surface area contributed by atoms with Gasteiger partial charge in [0.1, 0.15) is 5.69 Å². The van der Waals surface area contributed by atoms with Gasteiger partial charge in [0.25, 0.3) is 0 Å². The van der Waals surface area contributed by atoms with Crippen LogP contribution in [0.4, 0.5) is 5.82 Å². The van der Waals surface area contributed by atoms with Gasteiger partial charge in [-0.15, -0.1) is 0 Å². The number of anilines is 1. The molecule has 1 aromatic carbocycles. The van der Waals surface area contributed by atoms with Crippen LogP contribution in [0.25, 0.3) is 11.0 Å². The van der Waals surface area contributed by atoms with Gasteiger partial charge in [0, 0.05) is 5.41 Å². The number of para-hydroxylation sites is 2. The Morgan fingerprint density at radius 1 is 1.20 bits per heavy atom. The molecule has 0 fully saturated rings. The third-order valence-corrected chi connectivity index (χ3v) is 2.91. The summed E-state index contributed by atoms with van der Waals surface area (Å²) in [5, 5.41) is 12.6. The molecule has 1 unspecified atom stereocenters. The van der Waals surface area contributed by atoms with Crippen molar-refractivity contribution in [2.45, 2.75) is 33.8 Å². The zero-order valence-electron chi connectivity index (χ0n) is 12.1. The molecule has 106 valence electrons. The summed E-state index contributed by atoms with van der Waals surface area (Å²) in [5.74, 6) is 0.155. The van der Waals surface area contributed by atoms with Gasteiger partial charge in [0.15, 0.2) is 5.82 Å². The number of carbonyl (C=O) groups is 1. The molecule has 0 radical (unpaired) electrons. The molecule has 2 aromatic rings. The minimum atomic E-state index is -0.803. The molecule has 0 saturated carbocycles. The molecule has 0 saturated heterocycles. The third-order valence-electron chi connectivity index (χ3n) is 2.91. The summed E-state index contributed by atoms with van der Waals surface area (Å²) in [4.78, 5) is 20.9. The number of aromatic nitrogens is 2. The first-order valence-corrected chi connectivity index (χ1v) is 6.55. The summed E-state index contributed by atoms with van der Waals surface area (Å²) < 4.78 is 0. The largest absolute Gasteiger partial charge is 0.387 e. The van der Waals surface area contributed by atoms with E-state index in [2.05, 4.69) is 15.3 Å². The van der Waals surface area contributed by atoms with Crippen LogP contribution >= 0.6 is 0 Å². The molecule has 1 heterocycles. The Morgan fingerprint density at radius 2 is 1.75 bits per heavy atom. The van der Waals surface area contributed by atoms with Crippen LogP contribution in [0.15, 0.2) is 24.3 Å². The van der Waals surface area contributed by atoms with Gasteiger partial charge in [-0.3, -0.25) is 4.79 Å². The minimum Gasteiger partial charge on any atom is -0.387 e. The maximum Gasteiger partial charge on any atom is 0.230 e. The van der Waals surface area contributed by atoms with Crippen LogP contribution < -0.4 is 5.32 Å². The summed E-state index contributed by atoms with van der Waals surface area (Å²) in [6.07, 6.45) is -0.803. The second kappa shape index (κ2) is 5.17. The van der Waals surface area contributed by atoms with Gasteiger partial charge in [-0.05, 0) is 19.1 Å². The Kier molecular flexibility index (Phi) is 3.72. The number of carbonyl (C=O) groups excluding carboxylic acids is 1. The highest BCUT2D eigenvalue weighted by molar-refractivity contribution is 5.95. The van der Waals surface area contributed by atoms with Crippen molar-refractivity contribution in [3.8, 4) is 0 Å². The Bertz CT molecular complexity index is 645. The van der Waals surface area contributed by atoms with Gasteiger partial charge in [-0.25, -0.2) is 9.97 Å². The molecule has 0 aliphatic heterocycles. The maximum atomic E-state index is 12.1. The predicted molar refractivity (Wildman–Crippen MR) is 78.3 cm³/mol. The highest BCUT2D eigenvalue weighted by Crippen LogP contribution is 2.24. The lowest BCUT2D eigenvalue weighted by molar-refractivity contribution is -0.123. The van der Waals surface area contributed by atoms with Crippen molar-refractivity contribution < 1.29 is 9.90 Å². The second-order valence-corrected chi connectivity index (χ2v) is 5.83. The molecule has 0 aliphatic rings. The lowest BCUT2D eigenvalue weighted by Gasteiger charge is -2.19. The number of aliphatic hydroxyl groups is 1. The summed E-state index contributed by atoms with van der Waals surface area (Å²) in [5.41, 5.74) is 1.21. The lowest BCUT2D eigenvalue weighted by atomic mass is 9.95. The Morgan fingerprint density at radius 3 is 2.25 bits per heavy atom. The summed E-state index contributed by atoms with van der Waals surface area (Å²) >= 11 is 0. The lowest BCUT2D eigenvalue weighted by Crippen LogP contribution is -2.29. The number of nitrogens with zero attached hydrogens (tertiary/aromatic N) is 2. The Balaban J connectivity index is 2.50. The van der Waals surface area contributed by atoms with Gasteiger partial charge in [0.2, 0.25) is 5.91 Å². The van der Waals surface area contributed by atoms with E-state index in [1.54, 1.807) is 6.92 Å². The standard InChI is InChI=1S/C15H19N3O2/c1-9(19)12-13(18-14(20)15(2,3)4)17-11-8-6-5-7-10(11)16-12/h5-9,19H,1-4H3,(H,17,18,20). The van der Waals surface area contributed by atoms with Gasteiger partial charge >= 0.3 is 0 Å². The molecular weight excluding hydrogens is 254 g/mol. The molecular formula is C15H19N3O2. The SMILES string of the molecule is CC(O)c1nc2ccccc2nc1NC(=O)C(C)(C)C. The number of rotatable bonds is 2. The zero-order valence-corrected chi connectivity index (χ0v) is 12.1. The van der Waals surface area contributed by atoms with Crippen LogP contribution in [-0.2, 0) is 4.79 Å². The molecule has 0 spiro atoms. The topological polar surface area (TPSA) is 75.1 Å². The minimum absolute atomic E-state index is 0.163. The van der Waals surface area contributed by atoms with Crippen molar-refractivity contribution in [3.63, 3.8) is 0 Å². The molecule has 0 aliphatic carbocycles. The number of hydrogen-bond acceptors (Lipinski definition) is 4. The normalized spacial score (nSPS) is 13.2. The Hall–Kier alpha value is -2.01. The van der Waals surface area contributed by atoms with Crippen LogP contribution in [0, 0.1) is 5.41 Å². The first-order chi connectivity index (χ1) is 9.29. The quantitative estimate of drug-likeness (QED) is 0.882. The van der Waals surface area contributed by atoms with Crippen LogP contribution in [0.5, 0.6) is 0 Å². The molecule has 1 amide bonds. The monoisotopic (exact) mass is 273 g/mol. The number of hydrogen-bond donors (Lipinski definition) is 2. The molecule has 2 rings (SSSR count). The number of amides is 1. The van der Waals surface area contributed by atoms with Crippen molar-refractivity contribution in [1.82, 2.24) is 9.97 Å². The van der Waals surface area contributed by atoms with Crippen LogP contribution in [-0.4, -0.2) is 21.0 Å². The molecule has 1 aromatic heterocycles. The number of nitrogens with one attached hydrogen (secondary N) is 1. The highest BCUT2D eigenvalue weighted by atomic mass is 16.3. The molecule has 0 bridgehead atoms. The van der Waals surface area contributed by atoms with E-state index in [9.17, 15) is 9.90 Å². The van der Waals surface area contributed by atoms with Crippen LogP contribution in [0.1, 0.15) is 39.5 Å². The van der Waals surface area contributed by atoms with E-state index in [0.29, 0.717) is 22.5 Å². The van der Waals surface area contributed by atoms with E-state index in [-0.39, 0.29) is 5.91 Å². The van der Waals surface area contributed by atoms with Crippen molar-refractivity contribution in [2.75, 3.05) is 5.32 Å². The Labute approximate surface area is 118 Å². The zero-order chi connectivity index (χ0) is 14.9. The van der Waals surface area contributed by atoms with Crippen LogP contribution in [0.2, 0.25) is 0 Å². The van der Waals surface area contributed by atoms with Gasteiger partial charge in [-0.1, -0.05) is 32.9 Å². The summed E-state index contributed by atoms with van der Waals surface area (Å²) in [6, 6.07) is 7.36. The highest BCUT2D eigenvalue weighted by Gasteiger charge is 2.24. The maximum absolute atomic E-state index is 12.1. The average molecular weight is 273 g/mol. The van der Waals surface area contributed by atoms with Crippen molar-refractivity contribution in [3.05, 3.63) is 30.0 Å². The number of aliphatic hydroxyl groups excluding tert-OH is 1. The second-order valence-electron chi connectivity index (χ2n) is 5.83. The van der Waals surface area contributed by atoms with E-state index in [4.69, 9.17) is 0 Å². The van der Waals surface area contributed by atoms with E-state index in [0.717, 1.165) is 0 Å². The predicted octanol–water partition coefficient (Wildman–Crippen LogP) is 2.67. The first kappa shape index (κ1) is 14.4. The molecule has 1 atom stereocenters. The van der Waals surface area contributed by atoms with Gasteiger partial charge in [0.05, 0.1) is 17.1 Å². The molecule has 5 heteroatoms. The van der Waals surface area contributed by atoms with E-state index in [1.165, 1.54) is 0 Å². The average Bonchev–Trinajstić information content (AvgIpc) is 2.36. The van der Waals surface area contributed by atoms with E-state index < -0.39 is 11.5 Å². The van der Waals surface area contributed by atoms with Crippen molar-refractivity contribution in [2.24, 2.45) is 5.41 Å². The van der Waals surface area contributed by atoms with Gasteiger partial charge in [-0.2, -0.15) is 0 Å². The first-order valence-electron chi connectivity index (χ1n) is 6.55. The summed E-state index contributed by atoms with van der Waals surface area (Å²) in [7, 11) is 0. The van der Waals surface area contributed by atoms with Gasteiger partial charge < -0.3 is 10.4 Å². The van der Waals surface area contributed by atoms with Crippen LogP contribution in [0.3, 0.4) is 0 Å². The fraction of sp³-hybridized carbons (Fsp3) is 0.400. The summed E-state index contributed by atoms with van der Waals surface area (Å²) in [6.45, 7) is 7.06. The molecule has 2 N–H and O–H groups in total. The van der Waals surface area contributed by atoms with E-state index >= 15 is 0 Å². The number of benzene rings is 1. The van der Waals surface area contributed by atoms with E-state index in [1.807, 2.05) is 45.0 Å². The fourth-order valence-corrected chi connectivity index (χ4v) is 1.69. The molecule has 5 nitrogen and oxygen atoms in total. The molecule has 20 heavy (non-hydrogen) atoms. The smallest absolute Gasteiger partial charge is 0.230 e. The fourth-order valence-electron chi connectivity index (χ4n) is 1.69. The van der Waals surface area contributed by atoms with Crippen molar-refractivity contribution >= 4 is 22.8 Å². The van der Waals surface area contributed by atoms with Crippen molar-refractivity contribution in [1.29, 1.82) is 0 Å². The third kappa shape index (κ3) is 2.93. The number of fused-ring (bicyclic) bond motifs is 1.